The topological polar surface area (TPSA) is 12.0 Å². The smallest absolute Gasteiger partial charge is 0.0369 e. The molecule has 0 saturated heterocycles. The van der Waals surface area contributed by atoms with E-state index in [4.69, 9.17) is 0 Å². The fourth-order valence-electron chi connectivity index (χ4n) is 2.39. The number of halogens is 2. The Kier molecular flexibility index (Phi) is 5.42. The summed E-state index contributed by atoms with van der Waals surface area (Å²) in [6.07, 6.45) is 0.990. The van der Waals surface area contributed by atoms with Crippen LogP contribution in [0.1, 0.15) is 28.3 Å². The number of rotatable bonds is 4. The van der Waals surface area contributed by atoms with E-state index >= 15 is 0 Å². The second-order valence-corrected chi connectivity index (χ2v) is 6.91. The zero-order valence-electron chi connectivity index (χ0n) is 12.0. The molecule has 0 spiro atoms. The van der Waals surface area contributed by atoms with Gasteiger partial charge in [0.2, 0.25) is 0 Å². The van der Waals surface area contributed by atoms with Crippen molar-refractivity contribution in [3.05, 3.63) is 67.6 Å². The fourth-order valence-corrected chi connectivity index (χ4v) is 3.72. The van der Waals surface area contributed by atoms with Crippen LogP contribution < -0.4 is 5.32 Å². The normalized spacial score (nSPS) is 12.4. The molecule has 0 amide bonds. The van der Waals surface area contributed by atoms with Gasteiger partial charge in [0.1, 0.15) is 0 Å². The quantitative estimate of drug-likeness (QED) is 0.736. The van der Waals surface area contributed by atoms with E-state index in [1.54, 1.807) is 0 Å². The van der Waals surface area contributed by atoms with E-state index in [-0.39, 0.29) is 0 Å². The van der Waals surface area contributed by atoms with Gasteiger partial charge in [-0.15, -0.1) is 0 Å². The van der Waals surface area contributed by atoms with Gasteiger partial charge in [-0.1, -0.05) is 61.7 Å². The highest BCUT2D eigenvalue weighted by Gasteiger charge is 2.14. The molecule has 0 heterocycles. The first kappa shape index (κ1) is 15.7. The largest absolute Gasteiger partial charge is 0.313 e. The number of aryl methyl sites for hydroxylation is 2. The first-order valence-electron chi connectivity index (χ1n) is 6.69. The molecular formula is C17H19Br2N. The molecule has 2 aromatic rings. The predicted octanol–water partition coefficient (Wildman–Crippen LogP) is 5.33. The molecule has 0 bridgehead atoms. The zero-order chi connectivity index (χ0) is 14.7. The highest BCUT2D eigenvalue weighted by molar-refractivity contribution is 9.11. The number of benzene rings is 2. The SMILES string of the molecule is CNC(Cc1cc(C)ccc1C)c1ccc(Br)cc1Br. The molecule has 2 rings (SSSR count). The molecule has 0 aliphatic carbocycles. The Labute approximate surface area is 138 Å². The van der Waals surface area contributed by atoms with Gasteiger partial charge >= 0.3 is 0 Å². The predicted molar refractivity (Wildman–Crippen MR) is 93.3 cm³/mol. The van der Waals surface area contributed by atoms with Crippen LogP contribution in [0, 0.1) is 13.8 Å². The van der Waals surface area contributed by atoms with Crippen LogP contribution in [0.2, 0.25) is 0 Å². The lowest BCUT2D eigenvalue weighted by atomic mass is 9.95. The number of hydrogen-bond acceptors (Lipinski definition) is 1. The Bertz CT molecular complexity index is 608. The van der Waals surface area contributed by atoms with E-state index in [9.17, 15) is 0 Å². The summed E-state index contributed by atoms with van der Waals surface area (Å²) in [5.41, 5.74) is 5.36. The van der Waals surface area contributed by atoms with Crippen LogP contribution in [0.5, 0.6) is 0 Å². The van der Waals surface area contributed by atoms with Crippen molar-refractivity contribution < 1.29 is 0 Å². The molecular weight excluding hydrogens is 378 g/mol. The second kappa shape index (κ2) is 6.88. The lowest BCUT2D eigenvalue weighted by Crippen LogP contribution is -2.19. The average Bonchev–Trinajstić information content (AvgIpc) is 2.40. The van der Waals surface area contributed by atoms with E-state index in [1.807, 2.05) is 7.05 Å². The van der Waals surface area contributed by atoms with Crippen LogP contribution in [0.3, 0.4) is 0 Å². The standard InChI is InChI=1S/C17H19Br2N/c1-11-4-5-12(2)13(8-11)9-17(20-3)15-7-6-14(18)10-16(15)19/h4-8,10,17,20H,9H2,1-3H3. The molecule has 1 unspecified atom stereocenters. The highest BCUT2D eigenvalue weighted by atomic mass is 79.9. The zero-order valence-corrected chi connectivity index (χ0v) is 15.2. The van der Waals surface area contributed by atoms with E-state index in [0.717, 1.165) is 15.4 Å². The molecule has 1 N–H and O–H groups in total. The van der Waals surface area contributed by atoms with E-state index in [1.165, 1.54) is 22.3 Å². The molecule has 3 heteroatoms. The first-order valence-corrected chi connectivity index (χ1v) is 8.28. The van der Waals surface area contributed by atoms with Gasteiger partial charge in [-0.3, -0.25) is 0 Å². The van der Waals surface area contributed by atoms with Crippen LogP contribution >= 0.6 is 31.9 Å². The minimum Gasteiger partial charge on any atom is -0.313 e. The highest BCUT2D eigenvalue weighted by Crippen LogP contribution is 2.29. The van der Waals surface area contributed by atoms with Gasteiger partial charge in [0.25, 0.3) is 0 Å². The Hall–Kier alpha value is -0.640. The summed E-state index contributed by atoms with van der Waals surface area (Å²) in [6.45, 7) is 4.32. The van der Waals surface area contributed by atoms with E-state index in [2.05, 4.69) is 87.4 Å². The van der Waals surface area contributed by atoms with Crippen molar-refractivity contribution in [1.29, 1.82) is 0 Å². The maximum absolute atomic E-state index is 3.66. The average molecular weight is 397 g/mol. The monoisotopic (exact) mass is 395 g/mol. The molecule has 20 heavy (non-hydrogen) atoms. The number of hydrogen-bond donors (Lipinski definition) is 1. The maximum Gasteiger partial charge on any atom is 0.0369 e. The molecule has 1 nitrogen and oxygen atoms in total. The van der Waals surface area contributed by atoms with Crippen molar-refractivity contribution in [3.8, 4) is 0 Å². The molecule has 1 atom stereocenters. The third-order valence-corrected chi connectivity index (χ3v) is 4.80. The van der Waals surface area contributed by atoms with Crippen molar-refractivity contribution in [1.82, 2.24) is 5.32 Å². The Balaban J connectivity index is 2.31. The lowest BCUT2D eigenvalue weighted by Gasteiger charge is -2.20. The lowest BCUT2D eigenvalue weighted by molar-refractivity contribution is 0.588. The summed E-state index contributed by atoms with van der Waals surface area (Å²) in [5, 5.41) is 3.43. The third-order valence-electron chi connectivity index (χ3n) is 3.62. The summed E-state index contributed by atoms with van der Waals surface area (Å²) in [6, 6.07) is 13.3. The summed E-state index contributed by atoms with van der Waals surface area (Å²) in [7, 11) is 2.02. The number of likely N-dealkylation sites (N-methyl/N-ethyl adjacent to an activating group) is 1. The van der Waals surface area contributed by atoms with Crippen molar-refractivity contribution in [2.75, 3.05) is 7.05 Å². The van der Waals surface area contributed by atoms with Gasteiger partial charge in [-0.25, -0.2) is 0 Å². The molecule has 0 aromatic heterocycles. The van der Waals surface area contributed by atoms with E-state index in [0.29, 0.717) is 6.04 Å². The molecule has 2 aromatic carbocycles. The molecule has 0 fully saturated rings. The molecule has 0 aliphatic rings. The number of nitrogens with one attached hydrogen (secondary N) is 1. The molecule has 0 radical (unpaired) electrons. The Morgan fingerprint density at radius 2 is 1.80 bits per heavy atom. The third kappa shape index (κ3) is 3.72. The second-order valence-electron chi connectivity index (χ2n) is 5.14. The Morgan fingerprint density at radius 1 is 1.05 bits per heavy atom. The summed E-state index contributed by atoms with van der Waals surface area (Å²) < 4.78 is 2.23. The van der Waals surface area contributed by atoms with Crippen LogP contribution in [0.4, 0.5) is 0 Å². The van der Waals surface area contributed by atoms with Gasteiger partial charge in [0.15, 0.2) is 0 Å². The minimum absolute atomic E-state index is 0.304. The van der Waals surface area contributed by atoms with Crippen LogP contribution in [-0.4, -0.2) is 7.05 Å². The van der Waals surface area contributed by atoms with Crippen molar-refractivity contribution in [2.24, 2.45) is 0 Å². The van der Waals surface area contributed by atoms with Crippen LogP contribution in [0.15, 0.2) is 45.3 Å². The Morgan fingerprint density at radius 3 is 2.45 bits per heavy atom. The van der Waals surface area contributed by atoms with Gasteiger partial charge in [-0.05, 0) is 56.1 Å². The van der Waals surface area contributed by atoms with Crippen molar-refractivity contribution in [3.63, 3.8) is 0 Å². The molecule has 106 valence electrons. The van der Waals surface area contributed by atoms with Gasteiger partial charge in [0.05, 0.1) is 0 Å². The van der Waals surface area contributed by atoms with Crippen LogP contribution in [0.25, 0.3) is 0 Å². The fraction of sp³-hybridized carbons (Fsp3) is 0.294. The van der Waals surface area contributed by atoms with Crippen LogP contribution in [-0.2, 0) is 6.42 Å². The summed E-state index contributed by atoms with van der Waals surface area (Å²) in [4.78, 5) is 0. The maximum atomic E-state index is 3.66. The molecule has 0 aliphatic heterocycles. The minimum atomic E-state index is 0.304. The van der Waals surface area contributed by atoms with Gasteiger partial charge in [0, 0.05) is 15.0 Å². The summed E-state index contributed by atoms with van der Waals surface area (Å²) >= 11 is 7.17. The van der Waals surface area contributed by atoms with Crippen molar-refractivity contribution in [2.45, 2.75) is 26.3 Å². The van der Waals surface area contributed by atoms with Gasteiger partial charge < -0.3 is 5.32 Å². The molecule has 0 saturated carbocycles. The summed E-state index contributed by atoms with van der Waals surface area (Å²) in [5.74, 6) is 0. The first-order chi connectivity index (χ1) is 9.51. The van der Waals surface area contributed by atoms with Gasteiger partial charge in [-0.2, -0.15) is 0 Å². The van der Waals surface area contributed by atoms with E-state index < -0.39 is 0 Å². The van der Waals surface area contributed by atoms with Crippen molar-refractivity contribution >= 4 is 31.9 Å².